The summed E-state index contributed by atoms with van der Waals surface area (Å²) in [6.45, 7) is 1.25. The van der Waals surface area contributed by atoms with Gasteiger partial charge in [-0.2, -0.15) is 5.10 Å². The molecule has 0 fully saturated rings. The molecular formula is C23H22ClN3O5S. The molecule has 0 aliphatic heterocycles. The first kappa shape index (κ1) is 24.1. The summed E-state index contributed by atoms with van der Waals surface area (Å²) in [7, 11) is -2.77. The zero-order valence-corrected chi connectivity index (χ0v) is 19.5. The topological polar surface area (TPSA) is 108 Å². The Morgan fingerprint density at radius 1 is 1.15 bits per heavy atom. The molecule has 0 aliphatic rings. The van der Waals surface area contributed by atoms with Crippen molar-refractivity contribution in [2.75, 3.05) is 18.0 Å². The number of aryl methyl sites for hydroxylation is 1. The predicted molar refractivity (Wildman–Crippen MR) is 128 cm³/mol. The molecule has 3 aromatic rings. The highest BCUT2D eigenvalue weighted by Gasteiger charge is 2.29. The number of benzene rings is 3. The first-order chi connectivity index (χ1) is 15.7. The van der Waals surface area contributed by atoms with Gasteiger partial charge < -0.3 is 9.84 Å². The summed E-state index contributed by atoms with van der Waals surface area (Å²) in [6.07, 6.45) is 1.26. The molecule has 172 valence electrons. The van der Waals surface area contributed by atoms with Crippen LogP contribution in [0.5, 0.6) is 11.5 Å². The van der Waals surface area contributed by atoms with Crippen molar-refractivity contribution in [2.24, 2.45) is 5.10 Å². The Bertz CT molecular complexity index is 1280. The zero-order valence-electron chi connectivity index (χ0n) is 17.9. The van der Waals surface area contributed by atoms with Crippen LogP contribution in [-0.2, 0) is 14.8 Å². The molecule has 0 saturated carbocycles. The van der Waals surface area contributed by atoms with Gasteiger partial charge in [-0.15, -0.1) is 0 Å². The molecule has 1 amide bonds. The first-order valence-electron chi connectivity index (χ1n) is 9.75. The molecule has 0 aliphatic carbocycles. The number of phenolic OH excluding ortho intramolecular Hbond substituents is 1. The van der Waals surface area contributed by atoms with Crippen LogP contribution in [0.4, 0.5) is 5.69 Å². The van der Waals surface area contributed by atoms with Crippen LogP contribution in [0.15, 0.2) is 76.7 Å². The quantitative estimate of drug-likeness (QED) is 0.372. The van der Waals surface area contributed by atoms with Gasteiger partial charge in [0.2, 0.25) is 0 Å². The molecule has 0 bridgehead atoms. The number of nitrogens with one attached hydrogen (secondary N) is 1. The van der Waals surface area contributed by atoms with Crippen LogP contribution < -0.4 is 14.5 Å². The third kappa shape index (κ3) is 5.82. The lowest BCUT2D eigenvalue weighted by Crippen LogP contribution is -2.39. The van der Waals surface area contributed by atoms with Gasteiger partial charge in [0.25, 0.3) is 15.9 Å². The monoisotopic (exact) mass is 487 g/mol. The molecule has 0 spiro atoms. The van der Waals surface area contributed by atoms with Gasteiger partial charge >= 0.3 is 0 Å². The minimum absolute atomic E-state index is 0.000590. The van der Waals surface area contributed by atoms with Gasteiger partial charge in [-0.05, 0) is 49.4 Å². The summed E-state index contributed by atoms with van der Waals surface area (Å²) >= 11 is 6.11. The number of aromatic hydroxyl groups is 1. The van der Waals surface area contributed by atoms with Crippen LogP contribution in [-0.4, -0.2) is 39.3 Å². The highest BCUT2D eigenvalue weighted by Crippen LogP contribution is 2.34. The number of anilines is 1. The van der Waals surface area contributed by atoms with E-state index in [2.05, 4.69) is 10.5 Å². The van der Waals surface area contributed by atoms with E-state index in [0.29, 0.717) is 5.56 Å². The molecule has 10 heteroatoms. The summed E-state index contributed by atoms with van der Waals surface area (Å²) in [6, 6.07) is 17.2. The average Bonchev–Trinajstić information content (AvgIpc) is 2.79. The highest BCUT2D eigenvalue weighted by atomic mass is 35.5. The van der Waals surface area contributed by atoms with Crippen molar-refractivity contribution in [1.29, 1.82) is 0 Å². The van der Waals surface area contributed by atoms with Crippen LogP contribution in [0.3, 0.4) is 0 Å². The Morgan fingerprint density at radius 2 is 1.85 bits per heavy atom. The molecule has 0 unspecified atom stereocenters. The molecule has 0 heterocycles. The van der Waals surface area contributed by atoms with E-state index in [1.807, 2.05) is 6.92 Å². The maximum absolute atomic E-state index is 13.5. The van der Waals surface area contributed by atoms with E-state index >= 15 is 0 Å². The molecule has 0 atom stereocenters. The van der Waals surface area contributed by atoms with Crippen molar-refractivity contribution >= 4 is 39.4 Å². The Kier molecular flexibility index (Phi) is 7.57. The van der Waals surface area contributed by atoms with Crippen molar-refractivity contribution < 1.29 is 23.1 Å². The van der Waals surface area contributed by atoms with Gasteiger partial charge in [-0.1, -0.05) is 41.4 Å². The van der Waals surface area contributed by atoms with Crippen LogP contribution in [0, 0.1) is 6.92 Å². The Hall–Kier alpha value is -3.56. The molecule has 8 nitrogen and oxygen atoms in total. The van der Waals surface area contributed by atoms with Crippen molar-refractivity contribution in [2.45, 2.75) is 11.8 Å². The Labute approximate surface area is 197 Å². The maximum Gasteiger partial charge on any atom is 0.264 e. The van der Waals surface area contributed by atoms with E-state index in [1.165, 1.54) is 43.7 Å². The number of hydrogen-bond donors (Lipinski definition) is 2. The normalized spacial score (nSPS) is 11.4. The van der Waals surface area contributed by atoms with Gasteiger partial charge in [0.15, 0.2) is 0 Å². The number of carbonyl (C=O) groups excluding carboxylic acids is 1. The largest absolute Gasteiger partial charge is 0.507 e. The first-order valence-corrected chi connectivity index (χ1v) is 11.6. The number of sulfonamides is 1. The lowest BCUT2D eigenvalue weighted by molar-refractivity contribution is -0.119. The number of para-hydroxylation sites is 1. The number of phenols is 1. The SMILES string of the molecule is COc1ccc(Cl)cc1N(CC(=O)NN=Cc1ccccc1O)S(=O)(=O)c1ccc(C)cc1. The summed E-state index contributed by atoms with van der Waals surface area (Å²) in [5.74, 6) is -0.497. The second-order valence-electron chi connectivity index (χ2n) is 6.99. The smallest absolute Gasteiger partial charge is 0.264 e. The fraction of sp³-hybridized carbons (Fsp3) is 0.130. The average molecular weight is 488 g/mol. The molecule has 0 saturated heterocycles. The predicted octanol–water partition coefficient (Wildman–Crippen LogP) is 3.71. The molecule has 0 aromatic heterocycles. The van der Waals surface area contributed by atoms with Gasteiger partial charge in [-0.25, -0.2) is 13.8 Å². The van der Waals surface area contributed by atoms with Gasteiger partial charge in [-0.3, -0.25) is 9.10 Å². The lowest BCUT2D eigenvalue weighted by atomic mass is 10.2. The second-order valence-corrected chi connectivity index (χ2v) is 9.29. The number of hydrogen-bond acceptors (Lipinski definition) is 6. The van der Waals surface area contributed by atoms with Crippen LogP contribution in [0.2, 0.25) is 5.02 Å². The van der Waals surface area contributed by atoms with E-state index in [-0.39, 0.29) is 27.1 Å². The van der Waals surface area contributed by atoms with Gasteiger partial charge in [0, 0.05) is 10.6 Å². The number of hydrazone groups is 1. The van der Waals surface area contributed by atoms with E-state index in [4.69, 9.17) is 16.3 Å². The number of nitrogens with zero attached hydrogens (tertiary/aromatic N) is 2. The number of rotatable bonds is 8. The lowest BCUT2D eigenvalue weighted by Gasteiger charge is -2.25. The van der Waals surface area contributed by atoms with Crippen LogP contribution >= 0.6 is 11.6 Å². The van der Waals surface area contributed by atoms with E-state index in [9.17, 15) is 18.3 Å². The summed E-state index contributed by atoms with van der Waals surface area (Å²) in [5, 5.41) is 13.9. The zero-order chi connectivity index (χ0) is 24.0. The minimum Gasteiger partial charge on any atom is -0.507 e. The number of ether oxygens (including phenoxy) is 1. The van der Waals surface area contributed by atoms with Gasteiger partial charge in [0.05, 0.1) is 23.9 Å². The van der Waals surface area contributed by atoms with E-state index < -0.39 is 22.5 Å². The minimum atomic E-state index is -4.16. The molecule has 2 N–H and O–H groups in total. The number of carbonyl (C=O) groups is 1. The standard InChI is InChI=1S/C23H22ClN3O5S/c1-16-7-10-19(11-8-16)33(30,31)27(20-13-18(24)9-12-22(20)32-2)15-23(29)26-25-14-17-5-3-4-6-21(17)28/h3-14,28H,15H2,1-2H3,(H,26,29). The third-order valence-electron chi connectivity index (χ3n) is 4.64. The molecule has 3 rings (SSSR count). The number of methoxy groups -OCH3 is 1. The number of amides is 1. The summed E-state index contributed by atoms with van der Waals surface area (Å²) < 4.78 is 33.2. The van der Waals surface area contributed by atoms with E-state index in [0.717, 1.165) is 9.87 Å². The van der Waals surface area contributed by atoms with E-state index in [1.54, 1.807) is 36.4 Å². The van der Waals surface area contributed by atoms with Crippen molar-refractivity contribution in [1.82, 2.24) is 5.43 Å². The van der Waals surface area contributed by atoms with Gasteiger partial charge in [0.1, 0.15) is 18.0 Å². The second kappa shape index (κ2) is 10.4. The fourth-order valence-corrected chi connectivity index (χ4v) is 4.52. The molecular weight excluding hydrogens is 466 g/mol. The fourth-order valence-electron chi connectivity index (χ4n) is 2.93. The van der Waals surface area contributed by atoms with Crippen molar-refractivity contribution in [3.63, 3.8) is 0 Å². The van der Waals surface area contributed by atoms with Crippen molar-refractivity contribution in [3.05, 3.63) is 82.9 Å². The van der Waals surface area contributed by atoms with Crippen LogP contribution in [0.25, 0.3) is 0 Å². The number of halogens is 1. The summed E-state index contributed by atoms with van der Waals surface area (Å²) in [5.41, 5.74) is 3.66. The summed E-state index contributed by atoms with van der Waals surface area (Å²) in [4.78, 5) is 12.7. The molecule has 3 aromatic carbocycles. The molecule has 33 heavy (non-hydrogen) atoms. The third-order valence-corrected chi connectivity index (χ3v) is 6.64. The van der Waals surface area contributed by atoms with Crippen LogP contribution in [0.1, 0.15) is 11.1 Å². The maximum atomic E-state index is 13.5. The molecule has 0 radical (unpaired) electrons. The Balaban J connectivity index is 1.94. The van der Waals surface area contributed by atoms with Crippen molar-refractivity contribution in [3.8, 4) is 11.5 Å². The highest BCUT2D eigenvalue weighted by molar-refractivity contribution is 7.92. The Morgan fingerprint density at radius 3 is 2.52 bits per heavy atom.